The number of benzene rings is 2. The van der Waals surface area contributed by atoms with Gasteiger partial charge in [0.15, 0.2) is 11.5 Å². The minimum atomic E-state index is -2.76. The zero-order valence-electron chi connectivity index (χ0n) is 15.8. The molecule has 0 bridgehead atoms. The average molecular weight is 434 g/mol. The number of aryl methyl sites for hydroxylation is 1. The Labute approximate surface area is 177 Å². The molecule has 0 fully saturated rings. The Hall–Kier alpha value is -2.81. The molecule has 158 valence electrons. The lowest BCUT2D eigenvalue weighted by atomic mass is 9.87. The highest BCUT2D eigenvalue weighted by Crippen LogP contribution is 2.43. The van der Waals surface area contributed by atoms with Crippen LogP contribution in [0.25, 0.3) is 0 Å². The molecule has 9 heteroatoms. The van der Waals surface area contributed by atoms with Crippen LogP contribution in [-0.4, -0.2) is 45.6 Å². The number of carboxylic acids is 2. The van der Waals surface area contributed by atoms with Gasteiger partial charge in [-0.05, 0) is 60.2 Å². The van der Waals surface area contributed by atoms with Crippen LogP contribution in [-0.2, 0) is 22.4 Å². The Morgan fingerprint density at radius 3 is 2.43 bits per heavy atom. The molecular formula is C21H20ClNO7. The van der Waals surface area contributed by atoms with Gasteiger partial charge in [0, 0.05) is 17.6 Å². The number of ether oxygens (including phenoxy) is 2. The molecule has 4 N–H and O–H groups in total. The van der Waals surface area contributed by atoms with Crippen molar-refractivity contribution in [2.45, 2.75) is 37.2 Å². The summed E-state index contributed by atoms with van der Waals surface area (Å²) in [5.74, 6) is -6.00. The maximum Gasteiger partial charge on any atom is 0.453 e. The number of nitrogens with one attached hydrogen (secondary N) is 1. The van der Waals surface area contributed by atoms with Crippen LogP contribution in [0.5, 0.6) is 11.5 Å². The number of hydrogen-bond acceptors (Lipinski definition) is 6. The minimum Gasteiger partial charge on any atom is -0.475 e. The van der Waals surface area contributed by atoms with Crippen molar-refractivity contribution >= 4 is 23.5 Å². The van der Waals surface area contributed by atoms with E-state index < -0.39 is 23.8 Å². The van der Waals surface area contributed by atoms with Gasteiger partial charge in [-0.15, -0.1) is 0 Å². The summed E-state index contributed by atoms with van der Waals surface area (Å²) in [5, 5.41) is 32.8. The fourth-order valence-electron chi connectivity index (χ4n) is 3.80. The SMILES string of the molecule is O=C(O)C1(C(=O)O)Oc2cc3c(cc2O1)CC(NC[C@@H](O)c1cccc(Cl)c1)CC3. The summed E-state index contributed by atoms with van der Waals surface area (Å²) in [4.78, 5) is 22.8. The Morgan fingerprint density at radius 2 is 1.80 bits per heavy atom. The molecule has 0 saturated heterocycles. The molecule has 1 unspecified atom stereocenters. The molecule has 0 aromatic heterocycles. The Morgan fingerprint density at radius 1 is 1.13 bits per heavy atom. The number of fused-ring (bicyclic) bond motifs is 2. The van der Waals surface area contributed by atoms with Gasteiger partial charge in [0.25, 0.3) is 0 Å². The molecule has 0 spiro atoms. The van der Waals surface area contributed by atoms with Crippen molar-refractivity contribution in [3.8, 4) is 11.5 Å². The topological polar surface area (TPSA) is 125 Å². The summed E-state index contributed by atoms with van der Waals surface area (Å²) in [7, 11) is 0. The standard InChI is InChI=1S/C21H20ClNO7/c22-14-3-1-2-12(6-14)16(24)10-23-15-5-4-11-8-17-18(9-13(11)7-15)30-21(29-17,19(25)26)20(27)28/h1-3,6,8-9,15-16,23-24H,4-5,7,10H2,(H,25,26)(H,27,28)/t15?,16-/m1/s1. The molecule has 0 radical (unpaired) electrons. The number of aliphatic hydroxyl groups is 1. The maximum absolute atomic E-state index is 11.4. The molecule has 30 heavy (non-hydrogen) atoms. The zero-order chi connectivity index (χ0) is 21.5. The third-order valence-electron chi connectivity index (χ3n) is 5.40. The third kappa shape index (κ3) is 3.69. The first kappa shape index (κ1) is 20.5. The molecule has 1 heterocycles. The van der Waals surface area contributed by atoms with E-state index in [1.54, 1.807) is 30.3 Å². The van der Waals surface area contributed by atoms with E-state index in [0.29, 0.717) is 24.4 Å². The molecule has 2 atom stereocenters. The number of hydrogen-bond donors (Lipinski definition) is 4. The van der Waals surface area contributed by atoms with E-state index in [1.165, 1.54) is 0 Å². The van der Waals surface area contributed by atoms with Crippen molar-refractivity contribution in [2.75, 3.05) is 6.54 Å². The van der Waals surface area contributed by atoms with Crippen LogP contribution in [0, 0.1) is 0 Å². The Bertz CT molecular complexity index is 995. The highest BCUT2D eigenvalue weighted by molar-refractivity contribution is 6.30. The predicted molar refractivity (Wildman–Crippen MR) is 106 cm³/mol. The Balaban J connectivity index is 1.44. The van der Waals surface area contributed by atoms with E-state index in [0.717, 1.165) is 23.1 Å². The van der Waals surface area contributed by atoms with Crippen molar-refractivity contribution in [1.82, 2.24) is 5.32 Å². The molecular weight excluding hydrogens is 414 g/mol. The average Bonchev–Trinajstić information content (AvgIpc) is 3.10. The summed E-state index contributed by atoms with van der Waals surface area (Å²) < 4.78 is 10.4. The first-order valence-corrected chi connectivity index (χ1v) is 9.84. The van der Waals surface area contributed by atoms with Gasteiger partial charge in [-0.25, -0.2) is 9.59 Å². The highest BCUT2D eigenvalue weighted by atomic mass is 35.5. The first-order chi connectivity index (χ1) is 14.3. The normalized spacial score (nSPS) is 19.7. The van der Waals surface area contributed by atoms with Crippen molar-refractivity contribution in [2.24, 2.45) is 0 Å². The van der Waals surface area contributed by atoms with E-state index in [9.17, 15) is 24.9 Å². The van der Waals surface area contributed by atoms with E-state index >= 15 is 0 Å². The molecule has 2 aliphatic rings. The van der Waals surface area contributed by atoms with Gasteiger partial charge in [0.1, 0.15) is 0 Å². The second kappa shape index (κ2) is 7.79. The third-order valence-corrected chi connectivity index (χ3v) is 5.63. The summed E-state index contributed by atoms with van der Waals surface area (Å²) in [5.41, 5.74) is 2.61. The fourth-order valence-corrected chi connectivity index (χ4v) is 4.00. The van der Waals surface area contributed by atoms with Gasteiger partial charge in [0.05, 0.1) is 6.10 Å². The Kier molecular flexibility index (Phi) is 5.31. The number of aliphatic carboxylic acids is 2. The largest absolute Gasteiger partial charge is 0.475 e. The van der Waals surface area contributed by atoms with Gasteiger partial charge in [0.2, 0.25) is 0 Å². The maximum atomic E-state index is 11.4. The van der Waals surface area contributed by atoms with E-state index in [-0.39, 0.29) is 17.5 Å². The second-order valence-corrected chi connectivity index (χ2v) is 7.85. The molecule has 4 rings (SSSR count). The summed E-state index contributed by atoms with van der Waals surface area (Å²) >= 11 is 5.97. The fraction of sp³-hybridized carbons (Fsp3) is 0.333. The van der Waals surface area contributed by atoms with Crippen molar-refractivity contribution in [1.29, 1.82) is 0 Å². The van der Waals surface area contributed by atoms with E-state index in [4.69, 9.17) is 21.1 Å². The summed E-state index contributed by atoms with van der Waals surface area (Å²) in [6, 6.07) is 10.4. The number of halogens is 1. The van der Waals surface area contributed by atoms with Crippen LogP contribution in [0.15, 0.2) is 36.4 Å². The lowest BCUT2D eigenvalue weighted by Crippen LogP contribution is -2.54. The zero-order valence-corrected chi connectivity index (χ0v) is 16.6. The molecule has 1 aliphatic heterocycles. The smallest absolute Gasteiger partial charge is 0.453 e. The van der Waals surface area contributed by atoms with Crippen LogP contribution >= 0.6 is 11.6 Å². The number of rotatable bonds is 6. The first-order valence-electron chi connectivity index (χ1n) is 9.46. The molecule has 8 nitrogen and oxygen atoms in total. The van der Waals surface area contributed by atoms with Gasteiger partial charge in [-0.3, -0.25) is 0 Å². The molecule has 0 amide bonds. The van der Waals surface area contributed by atoms with Gasteiger partial charge in [-0.2, -0.15) is 0 Å². The van der Waals surface area contributed by atoms with E-state index in [1.807, 2.05) is 6.07 Å². The van der Waals surface area contributed by atoms with Gasteiger partial charge >= 0.3 is 17.7 Å². The van der Waals surface area contributed by atoms with Crippen molar-refractivity contribution in [3.63, 3.8) is 0 Å². The number of carbonyl (C=O) groups is 2. The summed E-state index contributed by atoms with van der Waals surface area (Å²) in [6.07, 6.45) is 1.43. The van der Waals surface area contributed by atoms with Gasteiger partial charge < -0.3 is 30.1 Å². The molecule has 0 saturated carbocycles. The summed E-state index contributed by atoms with van der Waals surface area (Å²) in [6.45, 7) is 0.353. The van der Waals surface area contributed by atoms with Crippen LogP contribution in [0.3, 0.4) is 0 Å². The lowest BCUT2D eigenvalue weighted by Gasteiger charge is -2.27. The van der Waals surface area contributed by atoms with E-state index in [2.05, 4.69) is 5.32 Å². The second-order valence-electron chi connectivity index (χ2n) is 7.42. The number of carboxylic acid groups (broad SMARTS) is 2. The van der Waals surface area contributed by atoms with Crippen LogP contribution in [0.2, 0.25) is 5.02 Å². The van der Waals surface area contributed by atoms with Crippen LogP contribution in [0.1, 0.15) is 29.2 Å². The minimum absolute atomic E-state index is 0.0930. The monoisotopic (exact) mass is 433 g/mol. The quantitative estimate of drug-likeness (QED) is 0.511. The lowest BCUT2D eigenvalue weighted by molar-refractivity contribution is -0.194. The predicted octanol–water partition coefficient (Wildman–Crippen LogP) is 2.16. The molecule has 2 aromatic rings. The van der Waals surface area contributed by atoms with Crippen molar-refractivity contribution in [3.05, 3.63) is 58.1 Å². The highest BCUT2D eigenvalue weighted by Gasteiger charge is 2.57. The van der Waals surface area contributed by atoms with Crippen molar-refractivity contribution < 1.29 is 34.4 Å². The van der Waals surface area contributed by atoms with Gasteiger partial charge in [-0.1, -0.05) is 23.7 Å². The number of aliphatic hydroxyl groups excluding tert-OH is 1. The molecule has 1 aliphatic carbocycles. The molecule has 2 aromatic carbocycles. The van der Waals surface area contributed by atoms with Crippen LogP contribution < -0.4 is 14.8 Å². The van der Waals surface area contributed by atoms with Crippen LogP contribution in [0.4, 0.5) is 0 Å².